The van der Waals surface area contributed by atoms with E-state index in [1.54, 1.807) is 24.0 Å². The van der Waals surface area contributed by atoms with Crippen LogP contribution in [0.1, 0.15) is 73.9 Å². The number of fused-ring (bicyclic) bond motifs is 1. The molecule has 1 unspecified atom stereocenters. The third-order valence-corrected chi connectivity index (χ3v) is 7.89. The zero-order chi connectivity index (χ0) is 29.9. The number of pyridine rings is 1. The Morgan fingerprint density at radius 2 is 1.95 bits per heavy atom. The van der Waals surface area contributed by atoms with Gasteiger partial charge in [-0.25, -0.2) is 13.8 Å². The second kappa shape index (κ2) is 12.6. The average Bonchev–Trinajstić information content (AvgIpc) is 2.87. The van der Waals surface area contributed by atoms with Gasteiger partial charge in [0.05, 0.1) is 17.6 Å². The molecule has 2 heterocycles. The van der Waals surface area contributed by atoms with Crippen LogP contribution in [0.2, 0.25) is 5.02 Å². The van der Waals surface area contributed by atoms with Crippen molar-refractivity contribution in [3.63, 3.8) is 0 Å². The minimum atomic E-state index is -2.82. The number of amides is 1. The van der Waals surface area contributed by atoms with Crippen LogP contribution in [0.3, 0.4) is 0 Å². The van der Waals surface area contributed by atoms with E-state index in [0.717, 1.165) is 10.0 Å². The Morgan fingerprint density at radius 3 is 2.63 bits per heavy atom. The summed E-state index contributed by atoms with van der Waals surface area (Å²) in [6.45, 7) is 7.40. The highest BCUT2D eigenvalue weighted by Crippen LogP contribution is 2.35. The van der Waals surface area contributed by atoms with Crippen molar-refractivity contribution in [3.8, 4) is 0 Å². The minimum absolute atomic E-state index is 0.153. The first-order chi connectivity index (χ1) is 19.2. The fraction of sp³-hybridized carbons (Fsp3) is 0.452. The van der Waals surface area contributed by atoms with E-state index in [2.05, 4.69) is 21.2 Å². The Balaban J connectivity index is 1.64. The first-order valence-electron chi connectivity index (χ1n) is 13.7. The Bertz CT molecular complexity index is 1440. The average molecular weight is 651 g/mol. The first kappa shape index (κ1) is 31.2. The second-order valence-electron chi connectivity index (χ2n) is 11.5. The smallest absolute Gasteiger partial charge is 0.306 e. The lowest BCUT2D eigenvalue weighted by Gasteiger charge is -2.34. The molecule has 1 amide bonds. The van der Waals surface area contributed by atoms with E-state index in [1.165, 1.54) is 0 Å². The molecule has 3 aromatic rings. The van der Waals surface area contributed by atoms with Gasteiger partial charge in [-0.2, -0.15) is 0 Å². The number of aromatic nitrogens is 1. The van der Waals surface area contributed by atoms with E-state index in [1.807, 2.05) is 51.1 Å². The molecule has 220 valence electrons. The topological polar surface area (TPSA) is 71.5 Å². The molecule has 0 saturated carbocycles. The van der Waals surface area contributed by atoms with Crippen molar-refractivity contribution >= 4 is 56.1 Å². The third kappa shape index (κ3) is 7.95. The summed E-state index contributed by atoms with van der Waals surface area (Å²) in [7, 11) is 0. The highest BCUT2D eigenvalue weighted by atomic mass is 79.9. The fourth-order valence-corrected chi connectivity index (χ4v) is 5.88. The van der Waals surface area contributed by atoms with Crippen molar-refractivity contribution in [1.29, 1.82) is 0 Å². The van der Waals surface area contributed by atoms with Gasteiger partial charge in [-0.3, -0.25) is 9.59 Å². The van der Waals surface area contributed by atoms with Crippen LogP contribution >= 0.6 is 27.5 Å². The quantitative estimate of drug-likeness (QED) is 0.252. The molecule has 1 aromatic heterocycles. The lowest BCUT2D eigenvalue weighted by molar-refractivity contribution is -0.155. The van der Waals surface area contributed by atoms with Crippen LogP contribution in [-0.2, 0) is 9.53 Å². The maximum Gasteiger partial charge on any atom is 0.306 e. The number of piperidine rings is 1. The van der Waals surface area contributed by atoms with E-state index in [-0.39, 0.29) is 37.2 Å². The molecule has 4 rings (SSSR count). The van der Waals surface area contributed by atoms with E-state index in [0.29, 0.717) is 52.3 Å². The number of nitrogens with zero attached hydrogens (tertiary/aromatic N) is 2. The minimum Gasteiger partial charge on any atom is -0.460 e. The molecule has 0 aliphatic carbocycles. The van der Waals surface area contributed by atoms with Gasteiger partial charge in [-0.1, -0.05) is 45.7 Å². The number of benzene rings is 2. The molecule has 2 aromatic carbocycles. The third-order valence-electron chi connectivity index (χ3n) is 7.06. The molecule has 1 aliphatic rings. The van der Waals surface area contributed by atoms with Crippen molar-refractivity contribution < 1.29 is 23.1 Å². The van der Waals surface area contributed by atoms with Gasteiger partial charge in [-0.05, 0) is 70.4 Å². The van der Waals surface area contributed by atoms with Crippen LogP contribution < -0.4 is 10.2 Å². The van der Waals surface area contributed by atoms with Gasteiger partial charge in [-0.15, -0.1) is 0 Å². The number of esters is 1. The maximum atomic E-state index is 14.3. The van der Waals surface area contributed by atoms with Crippen LogP contribution in [0.4, 0.5) is 14.6 Å². The van der Waals surface area contributed by atoms with Crippen LogP contribution in [0.15, 0.2) is 46.9 Å². The molecular formula is C31H35BrClF2N3O3. The van der Waals surface area contributed by atoms with Crippen molar-refractivity contribution in [2.24, 2.45) is 0 Å². The van der Waals surface area contributed by atoms with Gasteiger partial charge >= 0.3 is 5.97 Å². The van der Waals surface area contributed by atoms with Gasteiger partial charge in [0, 0.05) is 52.3 Å². The predicted octanol–water partition coefficient (Wildman–Crippen LogP) is 7.83. The second-order valence-corrected chi connectivity index (χ2v) is 12.9. The molecule has 1 N–H and O–H groups in total. The zero-order valence-electron chi connectivity index (χ0n) is 23.7. The molecule has 0 spiro atoms. The van der Waals surface area contributed by atoms with E-state index >= 15 is 0 Å². The van der Waals surface area contributed by atoms with Gasteiger partial charge < -0.3 is 15.0 Å². The first-order valence-corrected chi connectivity index (χ1v) is 14.9. The van der Waals surface area contributed by atoms with E-state index in [9.17, 15) is 18.4 Å². The molecule has 41 heavy (non-hydrogen) atoms. The molecule has 1 atom stereocenters. The molecule has 1 aliphatic heterocycles. The van der Waals surface area contributed by atoms with Gasteiger partial charge in [0.25, 0.3) is 11.8 Å². The van der Waals surface area contributed by atoms with Crippen molar-refractivity contribution in [2.75, 3.05) is 24.5 Å². The number of carbonyl (C=O) groups excluding carboxylic acids is 2. The highest BCUT2D eigenvalue weighted by molar-refractivity contribution is 9.10. The van der Waals surface area contributed by atoms with Crippen LogP contribution in [0, 0.1) is 6.92 Å². The predicted molar refractivity (Wildman–Crippen MR) is 162 cm³/mol. The number of carbonyl (C=O) groups is 2. The van der Waals surface area contributed by atoms with Crippen molar-refractivity contribution in [3.05, 3.63) is 68.7 Å². The molecule has 0 radical (unpaired) electrons. The van der Waals surface area contributed by atoms with Gasteiger partial charge in [0.2, 0.25) is 0 Å². The Morgan fingerprint density at radius 1 is 1.22 bits per heavy atom. The van der Waals surface area contributed by atoms with Crippen LogP contribution in [-0.4, -0.2) is 48.0 Å². The molecule has 1 fully saturated rings. The molecule has 1 saturated heterocycles. The zero-order valence-corrected chi connectivity index (χ0v) is 26.0. The summed E-state index contributed by atoms with van der Waals surface area (Å²) in [6, 6.07) is 12.7. The molecule has 10 heteroatoms. The summed E-state index contributed by atoms with van der Waals surface area (Å²) < 4.78 is 34.9. The summed E-state index contributed by atoms with van der Waals surface area (Å²) in [5.41, 5.74) is 1.67. The number of halogens is 4. The van der Waals surface area contributed by atoms with E-state index < -0.39 is 18.1 Å². The number of nitrogens with one attached hydrogen (secondary N) is 1. The number of hydrogen-bond acceptors (Lipinski definition) is 5. The molecular weight excluding hydrogens is 616 g/mol. The number of hydrogen-bond donors (Lipinski definition) is 1. The maximum absolute atomic E-state index is 14.3. The summed E-state index contributed by atoms with van der Waals surface area (Å²) in [5, 5.41) is 4.19. The number of ether oxygens (including phenoxy) is 1. The number of rotatable bonds is 8. The number of anilines is 1. The van der Waals surface area contributed by atoms with Crippen LogP contribution in [0.5, 0.6) is 0 Å². The van der Waals surface area contributed by atoms with Crippen molar-refractivity contribution in [2.45, 2.75) is 70.8 Å². The highest BCUT2D eigenvalue weighted by Gasteiger charge is 2.37. The normalized spacial score (nSPS) is 16.0. The molecule has 0 bridgehead atoms. The van der Waals surface area contributed by atoms with Crippen molar-refractivity contribution in [1.82, 2.24) is 10.3 Å². The Kier molecular flexibility index (Phi) is 9.59. The summed E-state index contributed by atoms with van der Waals surface area (Å²) >= 11 is 9.99. The lowest BCUT2D eigenvalue weighted by Crippen LogP contribution is -2.43. The lowest BCUT2D eigenvalue weighted by atomic mass is 9.93. The van der Waals surface area contributed by atoms with Gasteiger partial charge in [0.1, 0.15) is 11.4 Å². The summed E-state index contributed by atoms with van der Waals surface area (Å²) in [6.07, 6.45) is 0.740. The van der Waals surface area contributed by atoms with Crippen LogP contribution in [0.25, 0.3) is 10.9 Å². The van der Waals surface area contributed by atoms with Gasteiger partial charge in [0.15, 0.2) is 0 Å². The Hall–Kier alpha value is -2.78. The number of alkyl halides is 2. The van der Waals surface area contributed by atoms with E-state index in [4.69, 9.17) is 21.3 Å². The standard InChI is InChI=1S/C31H35BrClF2N3O3/c1-19-27(23-16-21(32)11-12-25(23)37-28(19)38-15-7-14-31(34,35)18-38)29(40)36-17-20(22-8-5-6-9-24(22)33)10-13-26(39)41-30(2,3)4/h5-6,8-9,11-12,16,20H,7,10,13-15,17-18H2,1-4H3,(H,36,40). The SMILES string of the molecule is Cc1c(N2CCCC(F)(F)C2)nc2ccc(Br)cc2c1C(=O)NCC(CCC(=O)OC(C)(C)C)c1ccccc1Cl. The summed E-state index contributed by atoms with van der Waals surface area (Å²) in [5.74, 6) is -3.38. The monoisotopic (exact) mass is 649 g/mol. The Labute approximate surface area is 252 Å². The molecule has 6 nitrogen and oxygen atoms in total. The fourth-order valence-electron chi connectivity index (χ4n) is 5.23. The largest absolute Gasteiger partial charge is 0.460 e. The summed E-state index contributed by atoms with van der Waals surface area (Å²) in [4.78, 5) is 32.6.